The van der Waals surface area contributed by atoms with Crippen LogP contribution in [0.25, 0.3) is 0 Å². The Morgan fingerprint density at radius 3 is 2.54 bits per heavy atom. The minimum Gasteiger partial charge on any atom is -0.374 e. The first-order valence-electron chi connectivity index (χ1n) is 5.58. The molecule has 0 unspecified atom stereocenters. The van der Waals surface area contributed by atoms with Gasteiger partial charge in [0.05, 0.1) is 12.2 Å². The first-order valence-corrected chi connectivity index (χ1v) is 7.10. The predicted molar refractivity (Wildman–Crippen MR) is 65.5 cm³/mol. The molecule has 1 saturated heterocycles. The second kappa shape index (κ2) is 7.04. The lowest BCUT2D eigenvalue weighted by molar-refractivity contribution is 0.0534. The van der Waals surface area contributed by atoms with Gasteiger partial charge < -0.3 is 4.74 Å². The molecule has 0 aromatic rings. The van der Waals surface area contributed by atoms with E-state index in [1.165, 1.54) is 49.4 Å². The zero-order chi connectivity index (χ0) is 9.52. The first-order chi connectivity index (χ1) is 6.36. The lowest BCUT2D eigenvalue weighted by Gasteiger charge is -2.11. The van der Waals surface area contributed by atoms with E-state index in [4.69, 9.17) is 4.74 Å². The zero-order valence-electron chi connectivity index (χ0n) is 8.60. The highest BCUT2D eigenvalue weighted by Gasteiger charge is 2.23. The highest BCUT2D eigenvalue weighted by molar-refractivity contribution is 14.1. The van der Waals surface area contributed by atoms with Crippen LogP contribution in [0.2, 0.25) is 0 Å². The van der Waals surface area contributed by atoms with Crippen molar-refractivity contribution in [2.45, 2.75) is 64.1 Å². The van der Waals surface area contributed by atoms with E-state index in [1.54, 1.807) is 0 Å². The van der Waals surface area contributed by atoms with Gasteiger partial charge in [0.1, 0.15) is 0 Å². The number of unbranched alkanes of at least 4 members (excludes halogenated alkanes) is 3. The van der Waals surface area contributed by atoms with Crippen molar-refractivity contribution in [1.29, 1.82) is 0 Å². The largest absolute Gasteiger partial charge is 0.374 e. The Labute approximate surface area is 95.8 Å². The molecule has 1 rings (SSSR count). The van der Waals surface area contributed by atoms with Gasteiger partial charge in [0.2, 0.25) is 0 Å². The summed E-state index contributed by atoms with van der Waals surface area (Å²) in [5.41, 5.74) is 0. The molecule has 1 aliphatic rings. The van der Waals surface area contributed by atoms with Crippen LogP contribution < -0.4 is 0 Å². The smallest absolute Gasteiger partial charge is 0.0669 e. The van der Waals surface area contributed by atoms with Crippen molar-refractivity contribution in [2.24, 2.45) is 0 Å². The minimum absolute atomic E-state index is 0.566. The normalized spacial score (nSPS) is 28.2. The number of hydrogen-bond donors (Lipinski definition) is 0. The van der Waals surface area contributed by atoms with Crippen molar-refractivity contribution in [1.82, 2.24) is 0 Å². The molecule has 0 N–H and O–H groups in total. The maximum atomic E-state index is 5.88. The summed E-state index contributed by atoms with van der Waals surface area (Å²) in [6, 6.07) is 0. The van der Waals surface area contributed by atoms with Gasteiger partial charge in [-0.1, -0.05) is 55.2 Å². The van der Waals surface area contributed by atoms with Gasteiger partial charge in [-0.3, -0.25) is 0 Å². The Hall–Kier alpha value is 0.690. The number of hydrogen-bond acceptors (Lipinski definition) is 1. The van der Waals surface area contributed by atoms with Crippen LogP contribution in [0.15, 0.2) is 0 Å². The van der Waals surface area contributed by atoms with E-state index in [1.807, 2.05) is 0 Å². The quantitative estimate of drug-likeness (QED) is 0.410. The van der Waals surface area contributed by atoms with E-state index in [0.717, 1.165) is 0 Å². The van der Waals surface area contributed by atoms with Crippen molar-refractivity contribution in [3.63, 3.8) is 0 Å². The van der Waals surface area contributed by atoms with Crippen molar-refractivity contribution in [3.8, 4) is 0 Å². The fourth-order valence-corrected chi connectivity index (χ4v) is 2.55. The second-order valence-corrected chi connectivity index (χ2v) is 4.84. The molecule has 0 bridgehead atoms. The van der Waals surface area contributed by atoms with Crippen LogP contribution in [0, 0.1) is 0 Å². The van der Waals surface area contributed by atoms with Crippen molar-refractivity contribution < 1.29 is 4.74 Å². The summed E-state index contributed by atoms with van der Waals surface area (Å²) in [6.07, 6.45) is 10.5. The van der Waals surface area contributed by atoms with Crippen LogP contribution in [0.1, 0.15) is 51.9 Å². The Bertz CT molecular complexity index is 127. The van der Waals surface area contributed by atoms with Gasteiger partial charge in [-0.15, -0.1) is 0 Å². The molecular formula is C11H21IO. The number of rotatable bonds is 6. The molecular weight excluding hydrogens is 275 g/mol. The third kappa shape index (κ3) is 4.63. The Morgan fingerprint density at radius 1 is 1.15 bits per heavy atom. The molecule has 0 spiro atoms. The van der Waals surface area contributed by atoms with Gasteiger partial charge in [-0.2, -0.15) is 0 Å². The first kappa shape index (κ1) is 11.8. The molecule has 0 aromatic carbocycles. The van der Waals surface area contributed by atoms with Gasteiger partial charge in [0, 0.05) is 4.43 Å². The summed E-state index contributed by atoms with van der Waals surface area (Å²) < 4.78 is 7.05. The maximum absolute atomic E-state index is 5.88. The van der Waals surface area contributed by atoms with Crippen LogP contribution in [0.5, 0.6) is 0 Å². The fourth-order valence-electron chi connectivity index (χ4n) is 1.90. The van der Waals surface area contributed by atoms with E-state index in [2.05, 4.69) is 29.5 Å². The Kier molecular flexibility index (Phi) is 6.37. The molecule has 0 radical (unpaired) electrons. The standard InChI is InChI=1S/C11H21IO/c1-2-3-4-5-6-10-7-8-11(9-12)13-10/h10-11H,2-9H2,1H3/t10-,11+/m1/s1. The summed E-state index contributed by atoms with van der Waals surface area (Å²) in [7, 11) is 0. The summed E-state index contributed by atoms with van der Waals surface area (Å²) >= 11 is 2.43. The molecule has 1 aliphatic heterocycles. The highest BCUT2D eigenvalue weighted by atomic mass is 127. The number of alkyl halides is 1. The molecule has 0 aromatic heterocycles. The summed E-state index contributed by atoms with van der Waals surface area (Å²) in [6.45, 7) is 2.26. The molecule has 1 heterocycles. The van der Waals surface area contributed by atoms with Crippen molar-refractivity contribution in [2.75, 3.05) is 4.43 Å². The summed E-state index contributed by atoms with van der Waals surface area (Å²) in [5, 5.41) is 0. The van der Waals surface area contributed by atoms with E-state index < -0.39 is 0 Å². The topological polar surface area (TPSA) is 9.23 Å². The Morgan fingerprint density at radius 2 is 1.92 bits per heavy atom. The van der Waals surface area contributed by atoms with Crippen molar-refractivity contribution >= 4 is 22.6 Å². The van der Waals surface area contributed by atoms with Gasteiger partial charge in [0.25, 0.3) is 0 Å². The van der Waals surface area contributed by atoms with Crippen LogP contribution >= 0.6 is 22.6 Å². The molecule has 0 amide bonds. The van der Waals surface area contributed by atoms with Crippen LogP contribution in [0.3, 0.4) is 0 Å². The maximum Gasteiger partial charge on any atom is 0.0669 e. The molecule has 1 nitrogen and oxygen atoms in total. The number of halogens is 1. The average Bonchev–Trinajstić information content (AvgIpc) is 2.60. The second-order valence-electron chi connectivity index (χ2n) is 3.96. The van der Waals surface area contributed by atoms with Gasteiger partial charge in [-0.05, 0) is 19.3 Å². The highest BCUT2D eigenvalue weighted by Crippen LogP contribution is 2.24. The molecule has 2 atom stereocenters. The summed E-state index contributed by atoms with van der Waals surface area (Å²) in [5.74, 6) is 0. The van der Waals surface area contributed by atoms with Gasteiger partial charge in [-0.25, -0.2) is 0 Å². The van der Waals surface area contributed by atoms with Crippen molar-refractivity contribution in [3.05, 3.63) is 0 Å². The zero-order valence-corrected chi connectivity index (χ0v) is 10.8. The van der Waals surface area contributed by atoms with E-state index in [9.17, 15) is 0 Å². The lowest BCUT2D eigenvalue weighted by atomic mass is 10.1. The Balaban J connectivity index is 1.97. The van der Waals surface area contributed by atoms with E-state index in [0.29, 0.717) is 12.2 Å². The molecule has 2 heteroatoms. The van der Waals surface area contributed by atoms with Crippen LogP contribution in [-0.4, -0.2) is 16.6 Å². The van der Waals surface area contributed by atoms with Crippen LogP contribution in [-0.2, 0) is 4.74 Å². The average molecular weight is 296 g/mol. The molecule has 1 fully saturated rings. The third-order valence-electron chi connectivity index (χ3n) is 2.75. The predicted octanol–water partition coefficient (Wildman–Crippen LogP) is 3.94. The van der Waals surface area contributed by atoms with Crippen LogP contribution in [0.4, 0.5) is 0 Å². The molecule has 0 saturated carbocycles. The monoisotopic (exact) mass is 296 g/mol. The summed E-state index contributed by atoms with van der Waals surface area (Å²) in [4.78, 5) is 0. The fraction of sp³-hybridized carbons (Fsp3) is 1.00. The number of ether oxygens (including phenoxy) is 1. The third-order valence-corrected chi connectivity index (χ3v) is 3.73. The minimum atomic E-state index is 0.566. The lowest BCUT2D eigenvalue weighted by Crippen LogP contribution is -2.11. The van der Waals surface area contributed by atoms with Gasteiger partial charge >= 0.3 is 0 Å². The molecule has 13 heavy (non-hydrogen) atoms. The molecule has 78 valence electrons. The van der Waals surface area contributed by atoms with Gasteiger partial charge in [0.15, 0.2) is 0 Å². The van der Waals surface area contributed by atoms with E-state index >= 15 is 0 Å². The SMILES string of the molecule is CCCCCC[C@@H]1CC[C@@H](CI)O1. The molecule has 0 aliphatic carbocycles. The van der Waals surface area contributed by atoms with E-state index in [-0.39, 0.29) is 0 Å².